The second-order valence-corrected chi connectivity index (χ2v) is 7.27. The first kappa shape index (κ1) is 21.2. The summed E-state index contributed by atoms with van der Waals surface area (Å²) in [5.74, 6) is 6.33. The molecule has 4 aromatic rings. The van der Waals surface area contributed by atoms with E-state index in [1.807, 2.05) is 66.7 Å². The van der Waals surface area contributed by atoms with Crippen LogP contribution < -0.4 is 4.74 Å². The molecule has 0 aliphatic carbocycles. The lowest BCUT2D eigenvalue weighted by Gasteiger charge is -2.07. The monoisotopic (exact) mass is 422 g/mol. The lowest BCUT2D eigenvalue weighted by atomic mass is 10.0. The summed E-state index contributed by atoms with van der Waals surface area (Å²) in [6, 6.07) is 26.9. The highest BCUT2D eigenvalue weighted by molar-refractivity contribution is 5.88. The number of ether oxygens (including phenoxy) is 2. The minimum atomic E-state index is -0.924. The average Bonchev–Trinajstić information content (AvgIpc) is 2.83. The standard InChI is InChI=1S/C28H22O4/c1-31-16-17-32-27-15-14-25-18-21(6-9-26(25)19-27)3-2-20-4-7-22(8-5-20)23-10-12-24(13-11-23)28(29)30/h4-15,18-19H,16-17H2,1H3,(H,29,30). The van der Waals surface area contributed by atoms with Gasteiger partial charge in [-0.1, -0.05) is 48.2 Å². The number of fused-ring (bicyclic) bond motifs is 1. The van der Waals surface area contributed by atoms with Crippen LogP contribution in [0.1, 0.15) is 21.5 Å². The summed E-state index contributed by atoms with van der Waals surface area (Å²) in [4.78, 5) is 11.0. The summed E-state index contributed by atoms with van der Waals surface area (Å²) in [6.07, 6.45) is 0. The highest BCUT2D eigenvalue weighted by Crippen LogP contribution is 2.23. The molecule has 0 atom stereocenters. The fraction of sp³-hybridized carbons (Fsp3) is 0.107. The van der Waals surface area contributed by atoms with E-state index in [4.69, 9.17) is 14.6 Å². The van der Waals surface area contributed by atoms with Crippen LogP contribution in [0.4, 0.5) is 0 Å². The van der Waals surface area contributed by atoms with Crippen molar-refractivity contribution in [1.82, 2.24) is 0 Å². The lowest BCUT2D eigenvalue weighted by molar-refractivity contribution is 0.0697. The molecule has 0 spiro atoms. The topological polar surface area (TPSA) is 55.8 Å². The summed E-state index contributed by atoms with van der Waals surface area (Å²) < 4.78 is 10.7. The van der Waals surface area contributed by atoms with Gasteiger partial charge in [-0.25, -0.2) is 4.79 Å². The second-order valence-electron chi connectivity index (χ2n) is 7.27. The summed E-state index contributed by atoms with van der Waals surface area (Å²) in [5.41, 5.74) is 4.12. The predicted molar refractivity (Wildman–Crippen MR) is 126 cm³/mol. The number of methoxy groups -OCH3 is 1. The molecule has 4 heteroatoms. The van der Waals surface area contributed by atoms with Crippen LogP contribution in [-0.4, -0.2) is 31.4 Å². The van der Waals surface area contributed by atoms with E-state index in [1.165, 1.54) is 0 Å². The van der Waals surface area contributed by atoms with Gasteiger partial charge in [-0.15, -0.1) is 0 Å². The molecule has 4 rings (SSSR count). The van der Waals surface area contributed by atoms with Gasteiger partial charge in [-0.3, -0.25) is 0 Å². The van der Waals surface area contributed by atoms with Crippen molar-refractivity contribution in [3.63, 3.8) is 0 Å². The molecule has 4 nitrogen and oxygen atoms in total. The van der Waals surface area contributed by atoms with Gasteiger partial charge in [0.1, 0.15) is 12.4 Å². The zero-order valence-corrected chi connectivity index (χ0v) is 17.7. The SMILES string of the molecule is COCCOc1ccc2cc(C#Cc3ccc(-c4ccc(C(=O)O)cc4)cc3)ccc2c1. The molecule has 0 aromatic heterocycles. The maximum absolute atomic E-state index is 11.0. The van der Waals surface area contributed by atoms with Crippen molar-refractivity contribution in [2.45, 2.75) is 0 Å². The van der Waals surface area contributed by atoms with Gasteiger partial charge < -0.3 is 14.6 Å². The Balaban J connectivity index is 1.47. The van der Waals surface area contributed by atoms with Crippen LogP contribution in [0.2, 0.25) is 0 Å². The average molecular weight is 422 g/mol. The first-order valence-corrected chi connectivity index (χ1v) is 10.2. The number of rotatable bonds is 6. The molecular formula is C28H22O4. The van der Waals surface area contributed by atoms with Gasteiger partial charge >= 0.3 is 5.97 Å². The third-order valence-corrected chi connectivity index (χ3v) is 5.07. The van der Waals surface area contributed by atoms with Crippen LogP contribution in [0, 0.1) is 11.8 Å². The predicted octanol–water partition coefficient (Wildman–Crippen LogP) is 5.63. The molecule has 0 radical (unpaired) electrons. The number of hydrogen-bond donors (Lipinski definition) is 1. The smallest absolute Gasteiger partial charge is 0.335 e. The second kappa shape index (κ2) is 9.82. The van der Waals surface area contributed by atoms with E-state index in [0.29, 0.717) is 13.2 Å². The number of carboxylic acid groups (broad SMARTS) is 1. The van der Waals surface area contributed by atoms with E-state index < -0.39 is 5.97 Å². The van der Waals surface area contributed by atoms with E-state index in [2.05, 4.69) is 17.9 Å². The highest BCUT2D eigenvalue weighted by Gasteiger charge is 2.03. The van der Waals surface area contributed by atoms with E-state index >= 15 is 0 Å². The molecule has 0 amide bonds. The van der Waals surface area contributed by atoms with Crippen LogP contribution in [0.25, 0.3) is 21.9 Å². The fourth-order valence-corrected chi connectivity index (χ4v) is 3.33. The minimum absolute atomic E-state index is 0.279. The van der Waals surface area contributed by atoms with Crippen LogP contribution in [0.15, 0.2) is 84.9 Å². The van der Waals surface area contributed by atoms with Gasteiger partial charge in [0, 0.05) is 18.2 Å². The third kappa shape index (κ3) is 5.15. The Labute approximate surface area is 187 Å². The van der Waals surface area contributed by atoms with Gasteiger partial charge in [0.2, 0.25) is 0 Å². The van der Waals surface area contributed by atoms with E-state index in [9.17, 15) is 4.79 Å². The largest absolute Gasteiger partial charge is 0.491 e. The molecule has 1 N–H and O–H groups in total. The first-order valence-electron chi connectivity index (χ1n) is 10.2. The number of benzene rings is 4. The molecular weight excluding hydrogens is 400 g/mol. The normalized spacial score (nSPS) is 10.4. The first-order chi connectivity index (χ1) is 15.6. The Morgan fingerprint density at radius 3 is 2.03 bits per heavy atom. The molecule has 0 fully saturated rings. The molecule has 32 heavy (non-hydrogen) atoms. The molecule has 0 aliphatic rings. The van der Waals surface area contributed by atoms with Crippen molar-refractivity contribution in [2.75, 3.05) is 20.3 Å². The van der Waals surface area contributed by atoms with Crippen LogP contribution in [-0.2, 0) is 4.74 Å². The van der Waals surface area contributed by atoms with Crippen molar-refractivity contribution < 1.29 is 19.4 Å². The maximum Gasteiger partial charge on any atom is 0.335 e. The molecule has 0 unspecified atom stereocenters. The molecule has 0 aliphatic heterocycles. The summed E-state index contributed by atoms with van der Waals surface area (Å²) in [7, 11) is 1.66. The van der Waals surface area contributed by atoms with Crippen molar-refractivity contribution in [1.29, 1.82) is 0 Å². The zero-order chi connectivity index (χ0) is 22.3. The summed E-state index contributed by atoms with van der Waals surface area (Å²) >= 11 is 0. The van der Waals surface area contributed by atoms with Gasteiger partial charge in [0.15, 0.2) is 0 Å². The van der Waals surface area contributed by atoms with Crippen LogP contribution >= 0.6 is 0 Å². The highest BCUT2D eigenvalue weighted by atomic mass is 16.5. The number of carboxylic acids is 1. The summed E-state index contributed by atoms with van der Waals surface area (Å²) in [5, 5.41) is 11.2. The quantitative estimate of drug-likeness (QED) is 0.323. The third-order valence-electron chi connectivity index (χ3n) is 5.07. The number of carbonyl (C=O) groups is 1. The Morgan fingerprint density at radius 1 is 0.750 bits per heavy atom. The molecule has 0 heterocycles. The van der Waals surface area contributed by atoms with Crippen LogP contribution in [0.5, 0.6) is 5.75 Å². The molecule has 0 saturated heterocycles. The fourth-order valence-electron chi connectivity index (χ4n) is 3.33. The number of aromatic carboxylic acids is 1. The van der Waals surface area contributed by atoms with Gasteiger partial charge in [-0.2, -0.15) is 0 Å². The van der Waals surface area contributed by atoms with Gasteiger partial charge in [0.25, 0.3) is 0 Å². The Kier molecular flexibility index (Phi) is 6.50. The Bertz CT molecular complexity index is 1290. The minimum Gasteiger partial charge on any atom is -0.491 e. The van der Waals surface area contributed by atoms with Gasteiger partial charge in [0.05, 0.1) is 12.2 Å². The molecule has 0 saturated carbocycles. The zero-order valence-electron chi connectivity index (χ0n) is 17.7. The molecule has 158 valence electrons. The van der Waals surface area contributed by atoms with Crippen molar-refractivity contribution >= 4 is 16.7 Å². The summed E-state index contributed by atoms with van der Waals surface area (Å²) in [6.45, 7) is 1.09. The Morgan fingerprint density at radius 2 is 1.34 bits per heavy atom. The van der Waals surface area contributed by atoms with E-state index in [-0.39, 0.29) is 5.56 Å². The molecule has 0 bridgehead atoms. The van der Waals surface area contributed by atoms with Gasteiger partial charge in [-0.05, 0) is 70.4 Å². The van der Waals surface area contributed by atoms with Crippen molar-refractivity contribution in [3.8, 4) is 28.7 Å². The number of hydrogen-bond acceptors (Lipinski definition) is 3. The van der Waals surface area contributed by atoms with E-state index in [0.717, 1.165) is 38.8 Å². The van der Waals surface area contributed by atoms with Crippen LogP contribution in [0.3, 0.4) is 0 Å². The van der Waals surface area contributed by atoms with Crippen molar-refractivity contribution in [3.05, 3.63) is 102 Å². The lowest BCUT2D eigenvalue weighted by Crippen LogP contribution is -2.03. The Hall–Kier alpha value is -4.07. The molecule has 4 aromatic carbocycles. The van der Waals surface area contributed by atoms with Crippen molar-refractivity contribution in [2.24, 2.45) is 0 Å². The van der Waals surface area contributed by atoms with E-state index in [1.54, 1.807) is 19.2 Å². The maximum atomic E-state index is 11.0.